The van der Waals surface area contributed by atoms with E-state index >= 15 is 0 Å². The molecular formula is C15H16FNO2. The van der Waals surface area contributed by atoms with Crippen LogP contribution in [0, 0.1) is 12.7 Å². The summed E-state index contributed by atoms with van der Waals surface area (Å²) < 4.78 is 24.4. The van der Waals surface area contributed by atoms with Gasteiger partial charge in [-0.3, -0.25) is 0 Å². The first-order valence-corrected chi connectivity index (χ1v) is 5.92. The molecule has 0 fully saturated rings. The van der Waals surface area contributed by atoms with Gasteiger partial charge in [-0.1, -0.05) is 24.3 Å². The lowest BCUT2D eigenvalue weighted by Gasteiger charge is -2.12. The van der Waals surface area contributed by atoms with Crippen LogP contribution in [-0.2, 0) is 6.61 Å². The van der Waals surface area contributed by atoms with Crippen LogP contribution in [0.15, 0.2) is 36.4 Å². The average molecular weight is 261 g/mol. The Bertz CT molecular complexity index is 584. The van der Waals surface area contributed by atoms with Crippen molar-refractivity contribution in [2.24, 2.45) is 0 Å². The van der Waals surface area contributed by atoms with E-state index in [1.165, 1.54) is 7.11 Å². The van der Waals surface area contributed by atoms with E-state index in [1.54, 1.807) is 24.3 Å². The molecule has 0 aliphatic rings. The normalized spacial score (nSPS) is 10.3. The summed E-state index contributed by atoms with van der Waals surface area (Å²) in [5.74, 6) is 0.358. The highest BCUT2D eigenvalue weighted by Gasteiger charge is 2.10. The summed E-state index contributed by atoms with van der Waals surface area (Å²) in [6, 6.07) is 10.5. The van der Waals surface area contributed by atoms with Crippen molar-refractivity contribution >= 4 is 5.69 Å². The van der Waals surface area contributed by atoms with Crippen LogP contribution in [-0.4, -0.2) is 7.11 Å². The van der Waals surface area contributed by atoms with Gasteiger partial charge in [0.15, 0.2) is 11.6 Å². The summed E-state index contributed by atoms with van der Waals surface area (Å²) in [5.41, 5.74) is 7.84. The third-order valence-corrected chi connectivity index (χ3v) is 2.93. The van der Waals surface area contributed by atoms with Gasteiger partial charge in [-0.15, -0.1) is 0 Å². The number of ether oxygens (including phenoxy) is 2. The number of nitrogens with two attached hydrogens (primary N) is 1. The maximum absolute atomic E-state index is 13.9. The lowest BCUT2D eigenvalue weighted by Crippen LogP contribution is -2.02. The van der Waals surface area contributed by atoms with E-state index in [0.717, 1.165) is 5.56 Å². The van der Waals surface area contributed by atoms with Crippen molar-refractivity contribution in [3.63, 3.8) is 0 Å². The van der Waals surface area contributed by atoms with Gasteiger partial charge < -0.3 is 15.2 Å². The Labute approximate surface area is 111 Å². The highest BCUT2D eigenvalue weighted by Crippen LogP contribution is 2.26. The van der Waals surface area contributed by atoms with Crippen LogP contribution in [0.1, 0.15) is 11.1 Å². The van der Waals surface area contributed by atoms with E-state index in [0.29, 0.717) is 17.0 Å². The molecule has 100 valence electrons. The predicted molar refractivity (Wildman–Crippen MR) is 72.9 cm³/mol. The maximum atomic E-state index is 13.9. The minimum atomic E-state index is -0.406. The molecule has 0 radical (unpaired) electrons. The largest absolute Gasteiger partial charge is 0.494 e. The summed E-state index contributed by atoms with van der Waals surface area (Å²) >= 11 is 0. The Balaban J connectivity index is 2.17. The van der Waals surface area contributed by atoms with Crippen molar-refractivity contribution in [3.8, 4) is 11.5 Å². The molecule has 0 atom stereocenters. The Morgan fingerprint density at radius 1 is 1.11 bits per heavy atom. The molecule has 4 heteroatoms. The second kappa shape index (κ2) is 5.61. The van der Waals surface area contributed by atoms with Crippen molar-refractivity contribution in [3.05, 3.63) is 53.3 Å². The topological polar surface area (TPSA) is 44.5 Å². The van der Waals surface area contributed by atoms with Crippen LogP contribution in [0.2, 0.25) is 0 Å². The van der Waals surface area contributed by atoms with Crippen molar-refractivity contribution in [2.75, 3.05) is 12.8 Å². The number of hydrogen-bond acceptors (Lipinski definition) is 3. The number of anilines is 1. The minimum Gasteiger partial charge on any atom is -0.494 e. The molecule has 2 aromatic rings. The number of rotatable bonds is 4. The zero-order valence-electron chi connectivity index (χ0n) is 10.9. The molecule has 0 amide bonds. The third-order valence-electron chi connectivity index (χ3n) is 2.93. The average Bonchev–Trinajstić information content (AvgIpc) is 2.42. The highest BCUT2D eigenvalue weighted by atomic mass is 19.1. The van der Waals surface area contributed by atoms with E-state index in [1.807, 2.05) is 19.1 Å². The molecule has 2 rings (SSSR count). The molecule has 0 heterocycles. The molecule has 2 aromatic carbocycles. The zero-order chi connectivity index (χ0) is 13.8. The quantitative estimate of drug-likeness (QED) is 0.859. The fourth-order valence-corrected chi connectivity index (χ4v) is 1.76. The van der Waals surface area contributed by atoms with Gasteiger partial charge >= 0.3 is 0 Å². The second-order valence-corrected chi connectivity index (χ2v) is 4.21. The Morgan fingerprint density at radius 3 is 2.53 bits per heavy atom. The number of methoxy groups -OCH3 is 1. The molecular weight excluding hydrogens is 245 g/mol. The number of benzene rings is 2. The fraction of sp³-hybridized carbons (Fsp3) is 0.200. The third kappa shape index (κ3) is 2.78. The first kappa shape index (κ1) is 13.2. The van der Waals surface area contributed by atoms with Crippen LogP contribution in [0.4, 0.5) is 10.1 Å². The van der Waals surface area contributed by atoms with Gasteiger partial charge in [0.2, 0.25) is 0 Å². The number of halogens is 1. The Hall–Kier alpha value is -2.23. The van der Waals surface area contributed by atoms with Gasteiger partial charge in [-0.05, 0) is 24.6 Å². The lowest BCUT2D eigenvalue weighted by atomic mass is 10.2. The molecule has 2 N–H and O–H groups in total. The summed E-state index contributed by atoms with van der Waals surface area (Å²) in [7, 11) is 1.43. The summed E-state index contributed by atoms with van der Waals surface area (Å²) in [6.45, 7) is 2.00. The van der Waals surface area contributed by atoms with Crippen molar-refractivity contribution < 1.29 is 13.9 Å². The number of hydrogen-bond donors (Lipinski definition) is 1. The lowest BCUT2D eigenvalue weighted by molar-refractivity contribution is 0.297. The molecule has 0 aliphatic heterocycles. The zero-order valence-corrected chi connectivity index (χ0v) is 10.9. The molecule has 0 aromatic heterocycles. The first-order chi connectivity index (χ1) is 9.13. The summed E-state index contributed by atoms with van der Waals surface area (Å²) in [5, 5.41) is 0. The molecule has 19 heavy (non-hydrogen) atoms. The highest BCUT2D eigenvalue weighted by molar-refractivity contribution is 5.57. The van der Waals surface area contributed by atoms with E-state index in [-0.39, 0.29) is 12.4 Å². The van der Waals surface area contributed by atoms with Gasteiger partial charge in [-0.25, -0.2) is 4.39 Å². The van der Waals surface area contributed by atoms with Gasteiger partial charge in [0.25, 0.3) is 0 Å². The Morgan fingerprint density at radius 2 is 1.79 bits per heavy atom. The van der Waals surface area contributed by atoms with E-state index in [2.05, 4.69) is 0 Å². The van der Waals surface area contributed by atoms with Gasteiger partial charge in [0.05, 0.1) is 12.8 Å². The molecule has 0 bridgehead atoms. The number of para-hydroxylation sites is 1. The maximum Gasteiger partial charge on any atom is 0.171 e. The van der Waals surface area contributed by atoms with E-state index in [4.69, 9.17) is 15.2 Å². The SMILES string of the molecule is COc1cccc(COc2cccc(C)c2N)c1F. The smallest absolute Gasteiger partial charge is 0.171 e. The van der Waals surface area contributed by atoms with Crippen LogP contribution in [0.5, 0.6) is 11.5 Å². The van der Waals surface area contributed by atoms with Crippen molar-refractivity contribution in [1.29, 1.82) is 0 Å². The monoisotopic (exact) mass is 261 g/mol. The molecule has 0 spiro atoms. The summed E-state index contributed by atoms with van der Waals surface area (Å²) in [4.78, 5) is 0. The standard InChI is InChI=1S/C15H16FNO2/c1-10-5-3-8-13(15(10)17)19-9-11-6-4-7-12(18-2)14(11)16/h3-8H,9,17H2,1-2H3. The molecule has 3 nitrogen and oxygen atoms in total. The number of nitrogen functional groups attached to an aromatic ring is 1. The van der Waals surface area contributed by atoms with E-state index in [9.17, 15) is 4.39 Å². The van der Waals surface area contributed by atoms with Crippen LogP contribution >= 0.6 is 0 Å². The minimum absolute atomic E-state index is 0.108. The molecule has 0 saturated carbocycles. The van der Waals surface area contributed by atoms with Gasteiger partial charge in [-0.2, -0.15) is 0 Å². The molecule has 0 unspecified atom stereocenters. The van der Waals surface area contributed by atoms with Crippen molar-refractivity contribution in [2.45, 2.75) is 13.5 Å². The fourth-order valence-electron chi connectivity index (χ4n) is 1.76. The van der Waals surface area contributed by atoms with Crippen LogP contribution < -0.4 is 15.2 Å². The summed E-state index contributed by atoms with van der Waals surface area (Å²) in [6.07, 6.45) is 0. The first-order valence-electron chi connectivity index (χ1n) is 5.92. The predicted octanol–water partition coefficient (Wildman–Crippen LogP) is 3.30. The van der Waals surface area contributed by atoms with Crippen molar-refractivity contribution in [1.82, 2.24) is 0 Å². The molecule has 0 aliphatic carbocycles. The second-order valence-electron chi connectivity index (χ2n) is 4.21. The van der Waals surface area contributed by atoms with Gasteiger partial charge in [0.1, 0.15) is 12.4 Å². The molecule has 0 saturated heterocycles. The Kier molecular flexibility index (Phi) is 3.90. The van der Waals surface area contributed by atoms with E-state index < -0.39 is 5.82 Å². The van der Waals surface area contributed by atoms with Gasteiger partial charge in [0, 0.05) is 5.56 Å². The van der Waals surface area contributed by atoms with Crippen LogP contribution in [0.3, 0.4) is 0 Å². The number of aryl methyl sites for hydroxylation is 1. The van der Waals surface area contributed by atoms with Crippen LogP contribution in [0.25, 0.3) is 0 Å².